The van der Waals surface area contributed by atoms with Crippen molar-refractivity contribution in [1.82, 2.24) is 4.90 Å². The molecule has 3 rings (SSSR count). The van der Waals surface area contributed by atoms with Gasteiger partial charge in [0.2, 0.25) is 11.8 Å². The topological polar surface area (TPSA) is 58.6 Å². The molecule has 2 aromatic carbocycles. The van der Waals surface area contributed by atoms with Crippen LogP contribution in [0, 0.1) is 5.92 Å². The number of rotatable bonds is 6. The zero-order valence-corrected chi connectivity index (χ0v) is 15.3. The lowest BCUT2D eigenvalue weighted by molar-refractivity contribution is -0.128. The van der Waals surface area contributed by atoms with Crippen LogP contribution in [0.25, 0.3) is 0 Å². The number of anilines is 1. The second-order valence-corrected chi connectivity index (χ2v) is 6.78. The molecule has 2 aromatic rings. The highest BCUT2D eigenvalue weighted by atomic mass is 35.5. The van der Waals surface area contributed by atoms with Gasteiger partial charge >= 0.3 is 0 Å². The van der Waals surface area contributed by atoms with Crippen molar-refractivity contribution in [3.05, 3.63) is 59.1 Å². The Kier molecular flexibility index (Phi) is 5.78. The third kappa shape index (κ3) is 4.55. The van der Waals surface area contributed by atoms with E-state index in [1.165, 1.54) is 0 Å². The van der Waals surface area contributed by atoms with Crippen molar-refractivity contribution >= 4 is 29.1 Å². The van der Waals surface area contributed by atoms with Crippen LogP contribution in [0.4, 0.5) is 5.69 Å². The average molecular weight is 373 g/mol. The maximum absolute atomic E-state index is 12.4. The number of carbonyl (C=O) groups excluding carboxylic acids is 2. The number of carbonyl (C=O) groups is 2. The fourth-order valence-electron chi connectivity index (χ4n) is 3.07. The molecule has 0 spiro atoms. The van der Waals surface area contributed by atoms with Crippen LogP contribution in [0.2, 0.25) is 5.02 Å². The number of ether oxygens (including phenoxy) is 1. The minimum absolute atomic E-state index is 0.0131. The molecule has 6 heteroatoms. The first kappa shape index (κ1) is 18.3. The van der Waals surface area contributed by atoms with E-state index in [0.717, 1.165) is 17.7 Å². The average Bonchev–Trinajstić information content (AvgIpc) is 3.01. The van der Waals surface area contributed by atoms with Gasteiger partial charge in [-0.3, -0.25) is 9.59 Å². The van der Waals surface area contributed by atoms with Crippen LogP contribution < -0.4 is 10.1 Å². The van der Waals surface area contributed by atoms with Gasteiger partial charge in [0, 0.05) is 30.2 Å². The molecule has 0 radical (unpaired) electrons. The van der Waals surface area contributed by atoms with E-state index in [1.807, 2.05) is 24.3 Å². The minimum atomic E-state index is -0.341. The number of benzene rings is 2. The van der Waals surface area contributed by atoms with Gasteiger partial charge in [-0.1, -0.05) is 29.8 Å². The first-order valence-electron chi connectivity index (χ1n) is 8.52. The zero-order valence-electron chi connectivity index (χ0n) is 14.6. The smallest absolute Gasteiger partial charge is 0.229 e. The van der Waals surface area contributed by atoms with Crippen molar-refractivity contribution in [3.8, 4) is 5.75 Å². The number of nitrogens with one attached hydrogen (secondary N) is 1. The molecular formula is C20H21ClN2O3. The molecule has 1 saturated heterocycles. The standard InChI is InChI=1S/C20H21ClN2O3/c1-26-18-7-2-4-14(10-18)8-9-23-13-15(11-19(23)24)20(25)22-17-6-3-5-16(21)12-17/h2-7,10,12,15H,8-9,11,13H2,1H3,(H,22,25). The van der Waals surface area contributed by atoms with Gasteiger partial charge in [0.1, 0.15) is 5.75 Å². The molecule has 1 aliphatic heterocycles. The van der Waals surface area contributed by atoms with Crippen molar-refractivity contribution in [2.45, 2.75) is 12.8 Å². The van der Waals surface area contributed by atoms with Crippen LogP contribution in [-0.4, -0.2) is 36.9 Å². The van der Waals surface area contributed by atoms with E-state index in [1.54, 1.807) is 36.3 Å². The summed E-state index contributed by atoms with van der Waals surface area (Å²) in [6.45, 7) is 1.03. The first-order valence-corrected chi connectivity index (χ1v) is 8.90. The number of methoxy groups -OCH3 is 1. The van der Waals surface area contributed by atoms with Gasteiger partial charge in [0.15, 0.2) is 0 Å². The lowest BCUT2D eigenvalue weighted by Gasteiger charge is -2.17. The molecule has 2 amide bonds. The normalized spacial score (nSPS) is 16.6. The molecule has 1 unspecified atom stereocenters. The lowest BCUT2D eigenvalue weighted by Crippen LogP contribution is -2.30. The molecule has 0 aromatic heterocycles. The summed E-state index contributed by atoms with van der Waals surface area (Å²) in [7, 11) is 1.63. The summed E-state index contributed by atoms with van der Waals surface area (Å²) in [4.78, 5) is 26.4. The van der Waals surface area contributed by atoms with Crippen molar-refractivity contribution in [2.75, 3.05) is 25.5 Å². The van der Waals surface area contributed by atoms with Crippen molar-refractivity contribution in [2.24, 2.45) is 5.92 Å². The van der Waals surface area contributed by atoms with Crippen LogP contribution >= 0.6 is 11.6 Å². The van der Waals surface area contributed by atoms with E-state index in [9.17, 15) is 9.59 Å². The molecule has 1 N–H and O–H groups in total. The minimum Gasteiger partial charge on any atom is -0.497 e. The molecular weight excluding hydrogens is 352 g/mol. The fraction of sp³-hybridized carbons (Fsp3) is 0.300. The summed E-state index contributed by atoms with van der Waals surface area (Å²) in [6, 6.07) is 14.8. The van der Waals surface area contributed by atoms with Crippen molar-refractivity contribution < 1.29 is 14.3 Å². The number of nitrogens with zero attached hydrogens (tertiary/aromatic N) is 1. The van der Waals surface area contributed by atoms with Crippen LogP contribution in [-0.2, 0) is 16.0 Å². The Morgan fingerprint density at radius 2 is 2.08 bits per heavy atom. The van der Waals surface area contributed by atoms with E-state index in [-0.39, 0.29) is 24.2 Å². The van der Waals surface area contributed by atoms with Gasteiger partial charge < -0.3 is 15.0 Å². The predicted molar refractivity (Wildman–Crippen MR) is 101 cm³/mol. The Morgan fingerprint density at radius 1 is 1.27 bits per heavy atom. The van der Waals surface area contributed by atoms with Gasteiger partial charge in [-0.05, 0) is 42.3 Å². The Bertz CT molecular complexity index is 809. The molecule has 1 fully saturated rings. The molecule has 1 atom stereocenters. The lowest BCUT2D eigenvalue weighted by atomic mass is 10.1. The number of likely N-dealkylation sites (tertiary alicyclic amines) is 1. The van der Waals surface area contributed by atoms with Crippen molar-refractivity contribution in [1.29, 1.82) is 0 Å². The second-order valence-electron chi connectivity index (χ2n) is 6.34. The molecule has 136 valence electrons. The summed E-state index contributed by atoms with van der Waals surface area (Å²) in [5.74, 6) is 0.324. The summed E-state index contributed by atoms with van der Waals surface area (Å²) in [6.07, 6.45) is 0.968. The maximum atomic E-state index is 12.4. The third-order valence-corrected chi connectivity index (χ3v) is 4.72. The molecule has 1 heterocycles. The number of amides is 2. The van der Waals surface area contributed by atoms with Gasteiger partial charge in [-0.2, -0.15) is 0 Å². The zero-order chi connectivity index (χ0) is 18.5. The summed E-state index contributed by atoms with van der Waals surface area (Å²) in [5.41, 5.74) is 1.74. The van der Waals surface area contributed by atoms with E-state index in [4.69, 9.17) is 16.3 Å². The van der Waals surface area contributed by atoms with Crippen LogP contribution in [0.1, 0.15) is 12.0 Å². The Hall–Kier alpha value is -2.53. The van der Waals surface area contributed by atoms with E-state index >= 15 is 0 Å². The number of halogens is 1. The first-order chi connectivity index (χ1) is 12.5. The van der Waals surface area contributed by atoms with Crippen LogP contribution in [0.3, 0.4) is 0 Å². The second kappa shape index (κ2) is 8.23. The molecule has 0 aliphatic carbocycles. The predicted octanol–water partition coefficient (Wildman–Crippen LogP) is 3.38. The van der Waals surface area contributed by atoms with Gasteiger partial charge in [-0.15, -0.1) is 0 Å². The summed E-state index contributed by atoms with van der Waals surface area (Å²) in [5, 5.41) is 3.40. The summed E-state index contributed by atoms with van der Waals surface area (Å²) >= 11 is 5.93. The quantitative estimate of drug-likeness (QED) is 0.845. The van der Waals surface area contributed by atoms with Gasteiger partial charge in [-0.25, -0.2) is 0 Å². The molecule has 1 aliphatic rings. The number of hydrogen-bond donors (Lipinski definition) is 1. The SMILES string of the molecule is COc1cccc(CCN2CC(C(=O)Nc3cccc(Cl)c3)CC2=O)c1. The van der Waals surface area contributed by atoms with E-state index < -0.39 is 0 Å². The maximum Gasteiger partial charge on any atom is 0.229 e. The van der Waals surface area contributed by atoms with E-state index in [2.05, 4.69) is 5.32 Å². The molecule has 26 heavy (non-hydrogen) atoms. The highest BCUT2D eigenvalue weighted by Gasteiger charge is 2.34. The monoisotopic (exact) mass is 372 g/mol. The molecule has 5 nitrogen and oxygen atoms in total. The largest absolute Gasteiger partial charge is 0.497 e. The van der Waals surface area contributed by atoms with Crippen molar-refractivity contribution in [3.63, 3.8) is 0 Å². The molecule has 0 bridgehead atoms. The highest BCUT2D eigenvalue weighted by molar-refractivity contribution is 6.30. The van der Waals surface area contributed by atoms with Crippen LogP contribution in [0.15, 0.2) is 48.5 Å². The Balaban J connectivity index is 1.55. The Morgan fingerprint density at radius 3 is 2.85 bits per heavy atom. The van der Waals surface area contributed by atoms with E-state index in [0.29, 0.717) is 23.8 Å². The fourth-order valence-corrected chi connectivity index (χ4v) is 3.26. The summed E-state index contributed by atoms with van der Waals surface area (Å²) < 4.78 is 5.22. The highest BCUT2D eigenvalue weighted by Crippen LogP contribution is 2.22. The third-order valence-electron chi connectivity index (χ3n) is 4.48. The molecule has 0 saturated carbocycles. The Labute approximate surface area is 157 Å². The van der Waals surface area contributed by atoms with Gasteiger partial charge in [0.25, 0.3) is 0 Å². The van der Waals surface area contributed by atoms with Gasteiger partial charge in [0.05, 0.1) is 13.0 Å². The van der Waals surface area contributed by atoms with Crippen LogP contribution in [0.5, 0.6) is 5.75 Å². The number of hydrogen-bond acceptors (Lipinski definition) is 3.